The Labute approximate surface area is 119 Å². The Hall–Kier alpha value is -1.85. The molecule has 2 heterocycles. The predicted octanol–water partition coefficient (Wildman–Crippen LogP) is 3.30. The van der Waals surface area contributed by atoms with Gasteiger partial charge in [-0.25, -0.2) is 4.39 Å². The smallest absolute Gasteiger partial charge is 0.244 e. The van der Waals surface area contributed by atoms with Crippen LogP contribution >= 0.6 is 11.6 Å². The molecule has 20 heavy (non-hydrogen) atoms. The zero-order chi connectivity index (χ0) is 14.3. The average molecular weight is 296 g/mol. The molecule has 0 saturated heterocycles. The minimum absolute atomic E-state index is 0.182. The van der Waals surface area contributed by atoms with Gasteiger partial charge in [0.2, 0.25) is 5.79 Å². The van der Waals surface area contributed by atoms with E-state index in [0.29, 0.717) is 11.5 Å². The first kappa shape index (κ1) is 13.1. The summed E-state index contributed by atoms with van der Waals surface area (Å²) >= 11 is 5.74. The van der Waals surface area contributed by atoms with E-state index in [4.69, 9.17) is 20.9 Å². The molecule has 0 saturated carbocycles. The van der Waals surface area contributed by atoms with Crippen molar-refractivity contribution in [3.8, 4) is 0 Å². The lowest BCUT2D eigenvalue weighted by atomic mass is 9.86. The van der Waals surface area contributed by atoms with Gasteiger partial charge in [-0.1, -0.05) is 23.4 Å². The van der Waals surface area contributed by atoms with Crippen LogP contribution in [0.3, 0.4) is 0 Å². The molecule has 3 rings (SSSR count). The van der Waals surface area contributed by atoms with Crippen molar-refractivity contribution in [3.05, 3.63) is 58.8 Å². The van der Waals surface area contributed by atoms with Gasteiger partial charge in [-0.05, 0) is 29.8 Å². The fraction of sp³-hybridized carbons (Fsp3) is 0.214. The molecule has 2 aromatic rings. The van der Waals surface area contributed by atoms with Gasteiger partial charge in [0.05, 0.1) is 0 Å². The molecule has 0 fully saturated rings. The van der Waals surface area contributed by atoms with Crippen LogP contribution in [-0.4, -0.2) is 16.6 Å². The van der Waals surface area contributed by atoms with E-state index in [2.05, 4.69) is 5.16 Å². The van der Waals surface area contributed by atoms with E-state index in [1.807, 2.05) is 0 Å². The topological polar surface area (TPSA) is 55.0 Å². The summed E-state index contributed by atoms with van der Waals surface area (Å²) in [6.45, 7) is 1.42. The molecule has 0 spiro atoms. The van der Waals surface area contributed by atoms with Crippen LogP contribution in [0.4, 0.5) is 4.39 Å². The second-order valence-corrected chi connectivity index (χ2v) is 5.05. The molecule has 1 aromatic carbocycles. The fourth-order valence-electron chi connectivity index (χ4n) is 2.28. The quantitative estimate of drug-likeness (QED) is 0.925. The maximum absolute atomic E-state index is 14.0. The summed E-state index contributed by atoms with van der Waals surface area (Å²) < 4.78 is 19.3. The summed E-state index contributed by atoms with van der Waals surface area (Å²) in [5.74, 6) is -2.57. The highest BCUT2D eigenvalue weighted by Crippen LogP contribution is 2.39. The molecular formula is C14H11ClFNO3. The molecule has 1 aliphatic heterocycles. The Balaban J connectivity index is 2.09. The van der Waals surface area contributed by atoms with Gasteiger partial charge >= 0.3 is 0 Å². The van der Waals surface area contributed by atoms with E-state index in [0.717, 1.165) is 0 Å². The van der Waals surface area contributed by atoms with Gasteiger partial charge < -0.3 is 14.4 Å². The summed E-state index contributed by atoms with van der Waals surface area (Å²) in [4.78, 5) is 5.01. The monoisotopic (exact) mass is 295 g/mol. The fourth-order valence-corrected chi connectivity index (χ4v) is 2.43. The number of nitrogens with zero attached hydrogens (tertiary/aromatic N) is 1. The maximum Gasteiger partial charge on any atom is 0.244 e. The zero-order valence-electron chi connectivity index (χ0n) is 10.5. The molecule has 1 aromatic heterocycles. The van der Waals surface area contributed by atoms with Gasteiger partial charge in [-0.3, -0.25) is 0 Å². The van der Waals surface area contributed by atoms with E-state index in [1.165, 1.54) is 13.0 Å². The van der Waals surface area contributed by atoms with Gasteiger partial charge in [0.1, 0.15) is 17.4 Å². The van der Waals surface area contributed by atoms with Crippen LogP contribution < -0.4 is 0 Å². The first-order valence-corrected chi connectivity index (χ1v) is 6.35. The third-order valence-corrected chi connectivity index (χ3v) is 3.38. The van der Waals surface area contributed by atoms with Crippen molar-refractivity contribution in [2.75, 3.05) is 0 Å². The average Bonchev–Trinajstić information content (AvgIpc) is 2.94. The van der Waals surface area contributed by atoms with Crippen LogP contribution in [0.25, 0.3) is 0 Å². The number of oxime groups is 1. The number of aliphatic hydroxyl groups is 1. The lowest BCUT2D eigenvalue weighted by molar-refractivity contribution is -0.179. The Kier molecular flexibility index (Phi) is 3.03. The van der Waals surface area contributed by atoms with E-state index >= 15 is 0 Å². The maximum atomic E-state index is 14.0. The van der Waals surface area contributed by atoms with Gasteiger partial charge in [0, 0.05) is 12.5 Å². The normalized spacial score (nSPS) is 25.4. The van der Waals surface area contributed by atoms with Crippen molar-refractivity contribution in [3.63, 3.8) is 0 Å². The highest BCUT2D eigenvalue weighted by molar-refractivity contribution is 6.29. The van der Waals surface area contributed by atoms with E-state index in [-0.39, 0.29) is 10.8 Å². The Morgan fingerprint density at radius 3 is 2.70 bits per heavy atom. The SMILES string of the molecule is CC1(O)ON=C(c2ccc(Cl)o2)C1c1ccccc1F. The summed E-state index contributed by atoms with van der Waals surface area (Å²) in [5.41, 5.74) is 0.577. The summed E-state index contributed by atoms with van der Waals surface area (Å²) in [7, 11) is 0. The summed E-state index contributed by atoms with van der Waals surface area (Å²) in [6, 6.07) is 9.29. The first-order chi connectivity index (χ1) is 9.49. The third kappa shape index (κ3) is 2.09. The second-order valence-electron chi connectivity index (χ2n) is 4.68. The molecule has 1 N–H and O–H groups in total. The van der Waals surface area contributed by atoms with E-state index in [9.17, 15) is 9.50 Å². The highest BCUT2D eigenvalue weighted by atomic mass is 35.5. The third-order valence-electron chi connectivity index (χ3n) is 3.18. The Morgan fingerprint density at radius 2 is 2.05 bits per heavy atom. The highest BCUT2D eigenvalue weighted by Gasteiger charge is 2.47. The molecule has 2 atom stereocenters. The van der Waals surface area contributed by atoms with Crippen LogP contribution in [0.15, 0.2) is 46.0 Å². The number of furan rings is 1. The molecule has 104 valence electrons. The van der Waals surface area contributed by atoms with Crippen LogP contribution in [0, 0.1) is 5.82 Å². The molecule has 2 unspecified atom stereocenters. The molecule has 1 aliphatic rings. The minimum atomic E-state index is -1.66. The van der Waals surface area contributed by atoms with Crippen LogP contribution in [0.1, 0.15) is 24.2 Å². The molecule has 0 amide bonds. The standard InChI is InChI=1S/C14H11ClFNO3/c1-14(18)12(8-4-2-3-5-9(8)16)13(17-20-14)10-6-7-11(15)19-10/h2-7,12,18H,1H3. The Morgan fingerprint density at radius 1 is 1.30 bits per heavy atom. The first-order valence-electron chi connectivity index (χ1n) is 5.97. The number of halogens is 2. The van der Waals surface area contributed by atoms with Crippen molar-refractivity contribution < 1.29 is 18.8 Å². The van der Waals surface area contributed by atoms with Crippen LogP contribution in [0.2, 0.25) is 5.22 Å². The lowest BCUT2D eigenvalue weighted by Crippen LogP contribution is -2.34. The van der Waals surface area contributed by atoms with Gasteiger partial charge in [0.15, 0.2) is 11.0 Å². The van der Waals surface area contributed by atoms with Crippen molar-refractivity contribution in [2.45, 2.75) is 18.6 Å². The summed E-state index contributed by atoms with van der Waals surface area (Å²) in [5, 5.41) is 14.3. The number of hydrogen-bond donors (Lipinski definition) is 1. The van der Waals surface area contributed by atoms with E-state index < -0.39 is 17.5 Å². The van der Waals surface area contributed by atoms with Crippen molar-refractivity contribution in [2.24, 2.45) is 5.16 Å². The van der Waals surface area contributed by atoms with Crippen LogP contribution in [-0.2, 0) is 4.84 Å². The molecule has 0 radical (unpaired) electrons. The van der Waals surface area contributed by atoms with Crippen molar-refractivity contribution >= 4 is 17.3 Å². The molecular weight excluding hydrogens is 285 g/mol. The molecule has 0 bridgehead atoms. The number of rotatable bonds is 2. The van der Waals surface area contributed by atoms with Crippen molar-refractivity contribution in [1.29, 1.82) is 0 Å². The second kappa shape index (κ2) is 4.61. The van der Waals surface area contributed by atoms with Crippen LogP contribution in [0.5, 0.6) is 0 Å². The number of hydrogen-bond acceptors (Lipinski definition) is 4. The molecule has 4 nitrogen and oxygen atoms in total. The molecule has 0 aliphatic carbocycles. The van der Waals surface area contributed by atoms with Gasteiger partial charge in [0.25, 0.3) is 0 Å². The zero-order valence-corrected chi connectivity index (χ0v) is 11.3. The lowest BCUT2D eigenvalue weighted by Gasteiger charge is -2.23. The summed E-state index contributed by atoms with van der Waals surface area (Å²) in [6.07, 6.45) is 0. The number of benzene rings is 1. The predicted molar refractivity (Wildman–Crippen MR) is 71.1 cm³/mol. The largest absolute Gasteiger partial charge is 0.443 e. The van der Waals surface area contributed by atoms with Gasteiger partial charge in [-0.2, -0.15) is 0 Å². The van der Waals surface area contributed by atoms with Crippen molar-refractivity contribution in [1.82, 2.24) is 0 Å². The minimum Gasteiger partial charge on any atom is -0.443 e. The Bertz CT molecular complexity index is 681. The van der Waals surface area contributed by atoms with E-state index in [1.54, 1.807) is 30.3 Å². The molecule has 6 heteroatoms. The van der Waals surface area contributed by atoms with Gasteiger partial charge in [-0.15, -0.1) is 0 Å².